The molecule has 1 aliphatic carbocycles. The minimum atomic E-state index is -0.452. The van der Waals surface area contributed by atoms with Crippen LogP contribution < -0.4 is 0 Å². The fourth-order valence-corrected chi connectivity index (χ4v) is 3.20. The van der Waals surface area contributed by atoms with E-state index in [1.807, 2.05) is 31.3 Å². The number of aromatic nitrogens is 2. The first-order valence-corrected chi connectivity index (χ1v) is 7.65. The third kappa shape index (κ3) is 2.88. The van der Waals surface area contributed by atoms with E-state index >= 15 is 0 Å². The maximum Gasteiger partial charge on any atom is 0.226 e. The van der Waals surface area contributed by atoms with Crippen molar-refractivity contribution < 1.29 is 9.53 Å². The van der Waals surface area contributed by atoms with E-state index in [0.717, 1.165) is 24.8 Å². The van der Waals surface area contributed by atoms with Crippen LogP contribution in [0.2, 0.25) is 0 Å². The molecular formula is C16H23N3O2. The van der Waals surface area contributed by atoms with Crippen molar-refractivity contribution in [3.8, 4) is 0 Å². The highest BCUT2D eigenvalue weighted by molar-refractivity contribution is 5.79. The molecule has 2 unspecified atom stereocenters. The Morgan fingerprint density at radius 1 is 1.48 bits per heavy atom. The smallest absolute Gasteiger partial charge is 0.226 e. The number of amides is 1. The molecule has 0 bridgehead atoms. The van der Waals surface area contributed by atoms with Gasteiger partial charge in [-0.15, -0.1) is 0 Å². The van der Waals surface area contributed by atoms with Gasteiger partial charge in [0.05, 0.1) is 19.3 Å². The summed E-state index contributed by atoms with van der Waals surface area (Å²) in [5, 5.41) is 4.22. The van der Waals surface area contributed by atoms with Gasteiger partial charge in [0.15, 0.2) is 0 Å². The summed E-state index contributed by atoms with van der Waals surface area (Å²) in [6, 6.07) is 0. The lowest BCUT2D eigenvalue weighted by Gasteiger charge is -2.41. The van der Waals surface area contributed by atoms with E-state index in [1.165, 1.54) is 0 Å². The van der Waals surface area contributed by atoms with E-state index in [0.29, 0.717) is 19.7 Å². The van der Waals surface area contributed by atoms with Crippen molar-refractivity contribution in [3.05, 3.63) is 30.1 Å². The molecule has 1 aromatic rings. The van der Waals surface area contributed by atoms with E-state index in [2.05, 4.69) is 17.3 Å². The molecule has 0 aromatic carbocycles. The largest absolute Gasteiger partial charge is 0.367 e. The zero-order valence-electron chi connectivity index (χ0n) is 12.8. The summed E-state index contributed by atoms with van der Waals surface area (Å²) in [4.78, 5) is 14.7. The van der Waals surface area contributed by atoms with Gasteiger partial charge in [-0.25, -0.2) is 0 Å². The number of morpholine rings is 1. The van der Waals surface area contributed by atoms with Crippen LogP contribution in [-0.4, -0.2) is 40.3 Å². The highest BCUT2D eigenvalue weighted by atomic mass is 16.5. The first kappa shape index (κ1) is 14.3. The van der Waals surface area contributed by atoms with Crippen molar-refractivity contribution in [1.82, 2.24) is 14.7 Å². The highest BCUT2D eigenvalue weighted by Crippen LogP contribution is 2.31. The maximum atomic E-state index is 12.7. The number of carbonyl (C=O) groups is 1. The van der Waals surface area contributed by atoms with Crippen LogP contribution in [0, 0.1) is 5.92 Å². The zero-order chi connectivity index (χ0) is 14.9. The van der Waals surface area contributed by atoms with Crippen LogP contribution in [0.4, 0.5) is 0 Å². The second kappa shape index (κ2) is 5.64. The molecule has 0 radical (unpaired) electrons. The van der Waals surface area contributed by atoms with E-state index < -0.39 is 5.60 Å². The molecule has 21 heavy (non-hydrogen) atoms. The SMILES string of the molecule is Cn1cc(C2(C)CN(C(=O)C3CC=CCC3)CCO2)cn1. The summed E-state index contributed by atoms with van der Waals surface area (Å²) in [6.45, 7) is 3.93. The average molecular weight is 289 g/mol. The number of ether oxygens (including phenoxy) is 1. The molecule has 2 heterocycles. The predicted molar refractivity (Wildman–Crippen MR) is 79.6 cm³/mol. The van der Waals surface area contributed by atoms with Gasteiger partial charge in [0.2, 0.25) is 5.91 Å². The third-order valence-electron chi connectivity index (χ3n) is 4.52. The Balaban J connectivity index is 1.73. The Morgan fingerprint density at radius 2 is 2.33 bits per heavy atom. The zero-order valence-corrected chi connectivity index (χ0v) is 12.8. The molecule has 1 amide bonds. The van der Waals surface area contributed by atoms with Crippen molar-refractivity contribution in [2.24, 2.45) is 13.0 Å². The lowest BCUT2D eigenvalue weighted by atomic mass is 9.91. The van der Waals surface area contributed by atoms with Gasteiger partial charge in [0.25, 0.3) is 0 Å². The summed E-state index contributed by atoms with van der Waals surface area (Å²) < 4.78 is 7.75. The Hall–Kier alpha value is -1.62. The summed E-state index contributed by atoms with van der Waals surface area (Å²) in [6.07, 6.45) is 11.0. The quantitative estimate of drug-likeness (QED) is 0.781. The van der Waals surface area contributed by atoms with Crippen LogP contribution in [0.5, 0.6) is 0 Å². The molecule has 114 valence electrons. The second-order valence-corrected chi connectivity index (χ2v) is 6.22. The number of aryl methyl sites for hydroxylation is 1. The lowest BCUT2D eigenvalue weighted by Crippen LogP contribution is -2.52. The molecule has 0 saturated carbocycles. The first-order valence-electron chi connectivity index (χ1n) is 7.65. The third-order valence-corrected chi connectivity index (χ3v) is 4.52. The van der Waals surface area contributed by atoms with E-state index in [4.69, 9.17) is 4.74 Å². The number of hydrogen-bond acceptors (Lipinski definition) is 3. The van der Waals surface area contributed by atoms with E-state index in [-0.39, 0.29) is 11.8 Å². The van der Waals surface area contributed by atoms with Crippen LogP contribution in [0.25, 0.3) is 0 Å². The van der Waals surface area contributed by atoms with Gasteiger partial charge in [0, 0.05) is 31.3 Å². The molecule has 1 fully saturated rings. The summed E-state index contributed by atoms with van der Waals surface area (Å²) in [7, 11) is 1.90. The molecule has 2 aliphatic rings. The topological polar surface area (TPSA) is 47.4 Å². The van der Waals surface area contributed by atoms with E-state index in [9.17, 15) is 4.79 Å². The van der Waals surface area contributed by atoms with Gasteiger partial charge in [-0.2, -0.15) is 5.10 Å². The summed E-state index contributed by atoms with van der Waals surface area (Å²) >= 11 is 0. The minimum Gasteiger partial charge on any atom is -0.367 e. The van der Waals surface area contributed by atoms with Gasteiger partial charge in [-0.3, -0.25) is 9.48 Å². The van der Waals surface area contributed by atoms with Crippen LogP contribution in [0.15, 0.2) is 24.5 Å². The number of hydrogen-bond donors (Lipinski definition) is 0. The Labute approximate surface area is 125 Å². The standard InChI is InChI=1S/C16H23N3O2/c1-16(14-10-17-18(2)11-14)12-19(8-9-21-16)15(20)13-6-4-3-5-7-13/h3-4,10-11,13H,5-9,12H2,1-2H3. The fourth-order valence-electron chi connectivity index (χ4n) is 3.20. The number of nitrogens with zero attached hydrogens (tertiary/aromatic N) is 3. The average Bonchev–Trinajstić information content (AvgIpc) is 2.95. The highest BCUT2D eigenvalue weighted by Gasteiger charge is 2.38. The van der Waals surface area contributed by atoms with Crippen molar-refractivity contribution in [2.75, 3.05) is 19.7 Å². The Kier molecular flexibility index (Phi) is 3.85. The maximum absolute atomic E-state index is 12.7. The molecule has 2 atom stereocenters. The molecule has 0 N–H and O–H groups in total. The molecular weight excluding hydrogens is 266 g/mol. The second-order valence-electron chi connectivity index (χ2n) is 6.22. The van der Waals surface area contributed by atoms with Crippen LogP contribution in [0.3, 0.4) is 0 Å². The predicted octanol–water partition coefficient (Wildman–Crippen LogP) is 1.85. The molecule has 1 aliphatic heterocycles. The van der Waals surface area contributed by atoms with Gasteiger partial charge in [-0.1, -0.05) is 12.2 Å². The van der Waals surface area contributed by atoms with Crippen molar-refractivity contribution in [1.29, 1.82) is 0 Å². The number of carbonyl (C=O) groups excluding carboxylic acids is 1. The van der Waals surface area contributed by atoms with Crippen molar-refractivity contribution in [2.45, 2.75) is 31.8 Å². The monoisotopic (exact) mass is 289 g/mol. The molecule has 0 spiro atoms. The van der Waals surface area contributed by atoms with Crippen LogP contribution in [-0.2, 0) is 22.2 Å². The van der Waals surface area contributed by atoms with E-state index in [1.54, 1.807) is 4.68 Å². The normalized spacial score (nSPS) is 29.6. The molecule has 5 heteroatoms. The van der Waals surface area contributed by atoms with Crippen LogP contribution >= 0.6 is 0 Å². The molecule has 5 nitrogen and oxygen atoms in total. The number of rotatable bonds is 2. The lowest BCUT2D eigenvalue weighted by molar-refractivity contribution is -0.153. The molecule has 1 aromatic heterocycles. The Bertz CT molecular complexity index is 551. The first-order chi connectivity index (χ1) is 10.1. The van der Waals surface area contributed by atoms with Gasteiger partial charge < -0.3 is 9.64 Å². The minimum absolute atomic E-state index is 0.145. The van der Waals surface area contributed by atoms with Gasteiger partial charge in [0.1, 0.15) is 5.60 Å². The molecule has 1 saturated heterocycles. The molecule has 3 rings (SSSR count). The summed E-state index contributed by atoms with van der Waals surface area (Å²) in [5.41, 5.74) is 0.582. The Morgan fingerprint density at radius 3 is 3.00 bits per heavy atom. The summed E-state index contributed by atoms with van der Waals surface area (Å²) in [5.74, 6) is 0.420. The van der Waals surface area contributed by atoms with Gasteiger partial charge >= 0.3 is 0 Å². The fraction of sp³-hybridized carbons (Fsp3) is 0.625. The van der Waals surface area contributed by atoms with Crippen LogP contribution in [0.1, 0.15) is 31.7 Å². The van der Waals surface area contributed by atoms with Gasteiger partial charge in [-0.05, 0) is 26.2 Å². The van der Waals surface area contributed by atoms with Crippen molar-refractivity contribution in [3.63, 3.8) is 0 Å². The van der Waals surface area contributed by atoms with Crippen molar-refractivity contribution >= 4 is 5.91 Å². The number of allylic oxidation sites excluding steroid dienone is 2.